The van der Waals surface area contributed by atoms with E-state index in [0.29, 0.717) is 13.1 Å². The Labute approximate surface area is 195 Å². The highest BCUT2D eigenvalue weighted by Gasteiger charge is 2.30. The van der Waals surface area contributed by atoms with Gasteiger partial charge in [-0.15, -0.1) is 0 Å². The number of anilines is 1. The van der Waals surface area contributed by atoms with Crippen LogP contribution in [-0.4, -0.2) is 65.5 Å². The number of para-hydroxylation sites is 1. The van der Waals surface area contributed by atoms with E-state index in [1.807, 2.05) is 48.2 Å². The van der Waals surface area contributed by atoms with Crippen LogP contribution in [0.2, 0.25) is 0 Å². The molecule has 1 unspecified atom stereocenters. The van der Waals surface area contributed by atoms with Crippen LogP contribution in [0.3, 0.4) is 0 Å². The SMILES string of the molecule is COc1cccc2ccc(CN(C)Cc3cc(N(C)C)nc(C4CCCN4C(C)=O)n3)nc12. The maximum atomic E-state index is 12.1. The van der Waals surface area contributed by atoms with Gasteiger partial charge in [-0.2, -0.15) is 0 Å². The molecular weight excluding hydrogens is 416 g/mol. The lowest BCUT2D eigenvalue weighted by Crippen LogP contribution is -2.30. The van der Waals surface area contributed by atoms with Gasteiger partial charge in [0, 0.05) is 52.1 Å². The van der Waals surface area contributed by atoms with Crippen LogP contribution in [-0.2, 0) is 17.9 Å². The molecule has 0 radical (unpaired) electrons. The number of nitrogens with zero attached hydrogens (tertiary/aromatic N) is 6. The second-order valence-electron chi connectivity index (χ2n) is 8.85. The third-order valence-corrected chi connectivity index (χ3v) is 6.02. The number of hydrogen-bond acceptors (Lipinski definition) is 7. The maximum Gasteiger partial charge on any atom is 0.220 e. The molecule has 1 atom stereocenters. The third-order valence-electron chi connectivity index (χ3n) is 6.02. The van der Waals surface area contributed by atoms with E-state index in [2.05, 4.69) is 24.1 Å². The molecule has 1 fully saturated rings. The van der Waals surface area contributed by atoms with Gasteiger partial charge >= 0.3 is 0 Å². The number of carbonyl (C=O) groups is 1. The molecule has 0 N–H and O–H groups in total. The van der Waals surface area contributed by atoms with Crippen LogP contribution in [0.4, 0.5) is 5.82 Å². The van der Waals surface area contributed by atoms with E-state index in [1.54, 1.807) is 14.0 Å². The fraction of sp³-hybridized carbons (Fsp3) is 0.440. The number of amides is 1. The lowest BCUT2D eigenvalue weighted by Gasteiger charge is -2.24. The van der Waals surface area contributed by atoms with E-state index < -0.39 is 0 Å². The van der Waals surface area contributed by atoms with Crippen LogP contribution in [0.15, 0.2) is 36.4 Å². The second-order valence-corrected chi connectivity index (χ2v) is 8.85. The second kappa shape index (κ2) is 9.70. The average Bonchev–Trinajstić information content (AvgIpc) is 3.29. The minimum atomic E-state index is -0.0546. The number of rotatable bonds is 7. The molecular formula is C25H32N6O2. The fourth-order valence-corrected chi connectivity index (χ4v) is 4.40. The van der Waals surface area contributed by atoms with Gasteiger partial charge in [-0.1, -0.05) is 18.2 Å². The lowest BCUT2D eigenvalue weighted by molar-refractivity contribution is -0.129. The summed E-state index contributed by atoms with van der Waals surface area (Å²) in [5.74, 6) is 2.44. The van der Waals surface area contributed by atoms with Crippen molar-refractivity contribution in [1.29, 1.82) is 0 Å². The molecule has 3 aromatic rings. The van der Waals surface area contributed by atoms with Crippen molar-refractivity contribution in [2.45, 2.75) is 38.9 Å². The molecule has 0 bridgehead atoms. The number of benzene rings is 1. The van der Waals surface area contributed by atoms with Crippen molar-refractivity contribution in [3.8, 4) is 5.75 Å². The summed E-state index contributed by atoms with van der Waals surface area (Å²) in [6, 6.07) is 12.0. The zero-order valence-electron chi connectivity index (χ0n) is 20.1. The number of pyridine rings is 1. The topological polar surface area (TPSA) is 74.7 Å². The number of methoxy groups -OCH3 is 1. The minimum absolute atomic E-state index is 0.0546. The minimum Gasteiger partial charge on any atom is -0.494 e. The zero-order valence-corrected chi connectivity index (χ0v) is 20.1. The monoisotopic (exact) mass is 448 g/mol. The van der Waals surface area contributed by atoms with E-state index in [0.717, 1.165) is 59.1 Å². The number of fused-ring (bicyclic) bond motifs is 1. The number of hydrogen-bond donors (Lipinski definition) is 0. The molecule has 4 rings (SSSR count). The Morgan fingerprint density at radius 2 is 1.88 bits per heavy atom. The Morgan fingerprint density at radius 3 is 2.61 bits per heavy atom. The molecule has 2 aromatic heterocycles. The van der Waals surface area contributed by atoms with Gasteiger partial charge in [0.2, 0.25) is 5.91 Å². The Hall–Kier alpha value is -3.26. The van der Waals surface area contributed by atoms with Gasteiger partial charge in [0.1, 0.15) is 17.1 Å². The largest absolute Gasteiger partial charge is 0.494 e. The standard InChI is InChI=1S/C25H32N6O2/c1-17(32)31-13-7-9-21(31)25-27-20(14-23(28-25)29(2)3)16-30(4)15-19-12-11-18-8-6-10-22(33-5)24(18)26-19/h6,8,10-12,14,21H,7,9,13,15-16H2,1-5H3. The predicted octanol–water partition coefficient (Wildman–Crippen LogP) is 3.41. The van der Waals surface area contributed by atoms with Crippen LogP contribution in [0.25, 0.3) is 10.9 Å². The van der Waals surface area contributed by atoms with Gasteiger partial charge in [-0.25, -0.2) is 15.0 Å². The summed E-state index contributed by atoms with van der Waals surface area (Å²) in [7, 11) is 7.68. The summed E-state index contributed by atoms with van der Waals surface area (Å²) in [5.41, 5.74) is 2.77. The zero-order chi connectivity index (χ0) is 23.5. The lowest BCUT2D eigenvalue weighted by atomic mass is 10.2. The normalized spacial score (nSPS) is 15.9. The Bertz CT molecular complexity index is 1150. The van der Waals surface area contributed by atoms with E-state index in [4.69, 9.17) is 19.7 Å². The summed E-state index contributed by atoms with van der Waals surface area (Å²) < 4.78 is 5.48. The molecule has 1 aliphatic rings. The van der Waals surface area contributed by atoms with Crippen LogP contribution in [0.1, 0.15) is 43.0 Å². The first-order valence-corrected chi connectivity index (χ1v) is 11.3. The van der Waals surface area contributed by atoms with Gasteiger partial charge in [0.25, 0.3) is 0 Å². The van der Waals surface area contributed by atoms with E-state index >= 15 is 0 Å². The number of ether oxygens (including phenoxy) is 1. The first kappa shape index (κ1) is 22.9. The third kappa shape index (κ3) is 5.06. The fourth-order valence-electron chi connectivity index (χ4n) is 4.40. The van der Waals surface area contributed by atoms with Gasteiger partial charge in [0.05, 0.1) is 24.5 Å². The highest BCUT2D eigenvalue weighted by atomic mass is 16.5. The van der Waals surface area contributed by atoms with E-state index in [9.17, 15) is 4.79 Å². The van der Waals surface area contributed by atoms with Crippen molar-refractivity contribution < 1.29 is 9.53 Å². The molecule has 3 heterocycles. The van der Waals surface area contributed by atoms with Crippen molar-refractivity contribution in [3.63, 3.8) is 0 Å². The quantitative estimate of drug-likeness (QED) is 0.548. The summed E-state index contributed by atoms with van der Waals surface area (Å²) in [4.78, 5) is 32.6. The molecule has 8 heteroatoms. The van der Waals surface area contributed by atoms with Gasteiger partial charge in [-0.3, -0.25) is 9.69 Å². The molecule has 1 aromatic carbocycles. The molecule has 1 aliphatic heterocycles. The number of aromatic nitrogens is 3. The van der Waals surface area contributed by atoms with E-state index in [-0.39, 0.29) is 11.9 Å². The Balaban J connectivity index is 1.56. The maximum absolute atomic E-state index is 12.1. The number of likely N-dealkylation sites (tertiary alicyclic amines) is 1. The molecule has 0 aliphatic carbocycles. The van der Waals surface area contributed by atoms with Crippen molar-refractivity contribution in [2.75, 3.05) is 39.7 Å². The molecule has 0 saturated carbocycles. The molecule has 33 heavy (non-hydrogen) atoms. The smallest absolute Gasteiger partial charge is 0.220 e. The Morgan fingerprint density at radius 1 is 1.09 bits per heavy atom. The van der Waals surface area contributed by atoms with Gasteiger partial charge in [-0.05, 0) is 32.0 Å². The molecule has 174 valence electrons. The van der Waals surface area contributed by atoms with Crippen molar-refractivity contribution in [3.05, 3.63) is 53.6 Å². The molecule has 8 nitrogen and oxygen atoms in total. The van der Waals surface area contributed by atoms with Gasteiger partial charge < -0.3 is 14.5 Å². The Kier molecular flexibility index (Phi) is 6.74. The summed E-state index contributed by atoms with van der Waals surface area (Å²) >= 11 is 0. The highest BCUT2D eigenvalue weighted by molar-refractivity contribution is 5.84. The van der Waals surface area contributed by atoms with Crippen LogP contribution in [0, 0.1) is 0 Å². The first-order chi connectivity index (χ1) is 15.9. The molecule has 1 amide bonds. The van der Waals surface area contributed by atoms with Crippen LogP contribution in [0.5, 0.6) is 5.75 Å². The summed E-state index contributed by atoms with van der Waals surface area (Å²) in [6.45, 7) is 3.71. The van der Waals surface area contributed by atoms with Crippen molar-refractivity contribution in [2.24, 2.45) is 0 Å². The summed E-state index contributed by atoms with van der Waals surface area (Å²) in [6.07, 6.45) is 1.88. The van der Waals surface area contributed by atoms with Crippen molar-refractivity contribution in [1.82, 2.24) is 24.8 Å². The van der Waals surface area contributed by atoms with E-state index in [1.165, 1.54) is 0 Å². The predicted molar refractivity (Wildman–Crippen MR) is 129 cm³/mol. The average molecular weight is 449 g/mol. The summed E-state index contributed by atoms with van der Waals surface area (Å²) in [5, 5.41) is 1.06. The highest BCUT2D eigenvalue weighted by Crippen LogP contribution is 2.31. The number of carbonyl (C=O) groups excluding carboxylic acids is 1. The van der Waals surface area contributed by atoms with Crippen LogP contribution < -0.4 is 9.64 Å². The first-order valence-electron chi connectivity index (χ1n) is 11.3. The molecule has 1 saturated heterocycles. The van der Waals surface area contributed by atoms with Crippen molar-refractivity contribution >= 4 is 22.6 Å². The van der Waals surface area contributed by atoms with Crippen LogP contribution >= 0.6 is 0 Å². The van der Waals surface area contributed by atoms with Gasteiger partial charge in [0.15, 0.2) is 5.82 Å². The molecule has 0 spiro atoms.